The molecule has 0 amide bonds. The Morgan fingerprint density at radius 2 is 1.91 bits per heavy atom. The smallest absolute Gasteiger partial charge is 0.319 e. The number of hydrogen-bond donors (Lipinski definition) is 0. The van der Waals surface area contributed by atoms with Crippen LogP contribution in [0.25, 0.3) is 10.8 Å². The maximum atomic E-state index is 12.6. The van der Waals surface area contributed by atoms with E-state index < -0.39 is 5.41 Å². The van der Waals surface area contributed by atoms with E-state index >= 15 is 0 Å². The highest BCUT2D eigenvalue weighted by Gasteiger charge is 2.47. The fourth-order valence-electron chi connectivity index (χ4n) is 3.53. The van der Waals surface area contributed by atoms with Gasteiger partial charge in [-0.1, -0.05) is 48.9 Å². The van der Waals surface area contributed by atoms with Gasteiger partial charge in [-0.25, -0.2) is 0 Å². The first kappa shape index (κ1) is 15.7. The summed E-state index contributed by atoms with van der Waals surface area (Å²) >= 11 is 0. The summed E-state index contributed by atoms with van der Waals surface area (Å²) in [5.41, 5.74) is 0.0310. The van der Waals surface area contributed by atoms with Gasteiger partial charge in [0.2, 0.25) is 0 Å². The fraction of sp³-hybridized carbons (Fsp3) is 0.400. The minimum absolute atomic E-state index is 0.0374. The van der Waals surface area contributed by atoms with Crippen molar-refractivity contribution in [1.29, 1.82) is 0 Å². The third-order valence-corrected chi connectivity index (χ3v) is 4.78. The molecule has 1 aliphatic rings. The molecule has 0 spiro atoms. The van der Waals surface area contributed by atoms with Gasteiger partial charge in [0.15, 0.2) is 5.78 Å². The molecular formula is C20H22O3. The van der Waals surface area contributed by atoms with Gasteiger partial charge in [-0.3, -0.25) is 9.59 Å². The Bertz CT molecular complexity index is 734. The zero-order valence-electron chi connectivity index (χ0n) is 13.5. The SMILES string of the molecule is CCOC(=O)[C@@]1(Cc2ccc3ccccc3c2)CCCCC1=O. The number of ether oxygens (including phenoxy) is 1. The van der Waals surface area contributed by atoms with E-state index in [0.29, 0.717) is 25.9 Å². The van der Waals surface area contributed by atoms with Crippen LogP contribution in [0.5, 0.6) is 0 Å². The summed E-state index contributed by atoms with van der Waals surface area (Å²) in [6.07, 6.45) is 3.29. The fourth-order valence-corrected chi connectivity index (χ4v) is 3.53. The molecule has 0 saturated heterocycles. The molecule has 120 valence electrons. The van der Waals surface area contributed by atoms with Gasteiger partial charge in [0.25, 0.3) is 0 Å². The van der Waals surface area contributed by atoms with Gasteiger partial charge >= 0.3 is 5.97 Å². The van der Waals surface area contributed by atoms with Crippen molar-refractivity contribution in [3.63, 3.8) is 0 Å². The lowest BCUT2D eigenvalue weighted by atomic mass is 9.69. The molecule has 1 aliphatic carbocycles. The number of ketones is 1. The lowest BCUT2D eigenvalue weighted by Gasteiger charge is -2.33. The minimum atomic E-state index is -0.989. The Morgan fingerprint density at radius 1 is 1.13 bits per heavy atom. The van der Waals surface area contributed by atoms with Crippen LogP contribution < -0.4 is 0 Å². The van der Waals surface area contributed by atoms with Gasteiger partial charge in [0.1, 0.15) is 5.41 Å². The predicted octanol–water partition coefficient (Wildman–Crippen LogP) is 4.07. The average Bonchev–Trinajstić information content (AvgIpc) is 2.57. The summed E-state index contributed by atoms with van der Waals surface area (Å²) in [4.78, 5) is 25.2. The second-order valence-corrected chi connectivity index (χ2v) is 6.29. The highest BCUT2D eigenvalue weighted by atomic mass is 16.5. The third kappa shape index (κ3) is 3.00. The molecule has 0 radical (unpaired) electrons. The Labute approximate surface area is 136 Å². The Balaban J connectivity index is 1.96. The molecule has 2 aromatic rings. The molecule has 3 rings (SSSR count). The zero-order chi connectivity index (χ0) is 16.3. The van der Waals surface area contributed by atoms with Crippen LogP contribution in [-0.2, 0) is 20.7 Å². The van der Waals surface area contributed by atoms with Crippen LogP contribution in [0.1, 0.15) is 38.2 Å². The van der Waals surface area contributed by atoms with E-state index in [1.54, 1.807) is 6.92 Å². The number of carbonyl (C=O) groups is 2. The van der Waals surface area contributed by atoms with Crippen molar-refractivity contribution in [3.05, 3.63) is 48.0 Å². The van der Waals surface area contributed by atoms with Gasteiger partial charge in [-0.2, -0.15) is 0 Å². The molecule has 1 atom stereocenters. The van der Waals surface area contributed by atoms with E-state index in [-0.39, 0.29) is 11.8 Å². The normalized spacial score (nSPS) is 21.3. The lowest BCUT2D eigenvalue weighted by Crippen LogP contribution is -2.44. The summed E-state index contributed by atoms with van der Waals surface area (Å²) in [6, 6.07) is 14.3. The highest BCUT2D eigenvalue weighted by molar-refractivity contribution is 6.04. The molecule has 2 aromatic carbocycles. The van der Waals surface area contributed by atoms with E-state index in [0.717, 1.165) is 29.2 Å². The van der Waals surface area contributed by atoms with E-state index in [4.69, 9.17) is 4.74 Å². The van der Waals surface area contributed by atoms with Crippen LogP contribution in [-0.4, -0.2) is 18.4 Å². The van der Waals surface area contributed by atoms with Crippen LogP contribution in [0.2, 0.25) is 0 Å². The van der Waals surface area contributed by atoms with Crippen LogP contribution in [0.15, 0.2) is 42.5 Å². The predicted molar refractivity (Wildman–Crippen MR) is 90.2 cm³/mol. The second-order valence-electron chi connectivity index (χ2n) is 6.29. The van der Waals surface area contributed by atoms with Crippen molar-refractivity contribution in [1.82, 2.24) is 0 Å². The first-order valence-electron chi connectivity index (χ1n) is 8.34. The number of fused-ring (bicyclic) bond motifs is 1. The van der Waals surface area contributed by atoms with Crippen LogP contribution >= 0.6 is 0 Å². The van der Waals surface area contributed by atoms with Crippen molar-refractivity contribution in [3.8, 4) is 0 Å². The molecule has 0 aliphatic heterocycles. The quantitative estimate of drug-likeness (QED) is 0.631. The van der Waals surface area contributed by atoms with E-state index in [1.807, 2.05) is 18.2 Å². The third-order valence-electron chi connectivity index (χ3n) is 4.78. The number of hydrogen-bond acceptors (Lipinski definition) is 3. The Kier molecular flexibility index (Phi) is 4.46. The molecule has 3 heteroatoms. The number of benzene rings is 2. The van der Waals surface area contributed by atoms with Crippen molar-refractivity contribution < 1.29 is 14.3 Å². The van der Waals surface area contributed by atoms with Crippen molar-refractivity contribution in [2.75, 3.05) is 6.61 Å². The molecule has 1 fully saturated rings. The van der Waals surface area contributed by atoms with Crippen molar-refractivity contribution in [2.45, 2.75) is 39.0 Å². The maximum Gasteiger partial charge on any atom is 0.319 e. The first-order valence-corrected chi connectivity index (χ1v) is 8.34. The molecule has 0 unspecified atom stereocenters. The second kappa shape index (κ2) is 6.53. The van der Waals surface area contributed by atoms with E-state index in [2.05, 4.69) is 24.3 Å². The number of Topliss-reactive ketones (excluding diaryl/α,β-unsaturated/α-hetero) is 1. The summed E-state index contributed by atoms with van der Waals surface area (Å²) in [7, 11) is 0. The highest BCUT2D eigenvalue weighted by Crippen LogP contribution is 2.38. The Morgan fingerprint density at radius 3 is 2.65 bits per heavy atom. The van der Waals surface area contributed by atoms with Crippen molar-refractivity contribution >= 4 is 22.5 Å². The average molecular weight is 310 g/mol. The number of rotatable bonds is 4. The van der Waals surface area contributed by atoms with Gasteiger partial charge in [0, 0.05) is 6.42 Å². The topological polar surface area (TPSA) is 43.4 Å². The zero-order valence-corrected chi connectivity index (χ0v) is 13.5. The molecule has 0 aromatic heterocycles. The van der Waals surface area contributed by atoms with Crippen molar-refractivity contribution in [2.24, 2.45) is 5.41 Å². The maximum absolute atomic E-state index is 12.6. The van der Waals surface area contributed by atoms with Gasteiger partial charge in [-0.05, 0) is 42.5 Å². The minimum Gasteiger partial charge on any atom is -0.465 e. The lowest BCUT2D eigenvalue weighted by molar-refractivity contribution is -0.162. The summed E-state index contributed by atoms with van der Waals surface area (Å²) in [6.45, 7) is 2.10. The van der Waals surface area contributed by atoms with Crippen LogP contribution in [0, 0.1) is 5.41 Å². The molecule has 0 bridgehead atoms. The Hall–Kier alpha value is -2.16. The van der Waals surface area contributed by atoms with Gasteiger partial charge < -0.3 is 4.74 Å². The summed E-state index contributed by atoms with van der Waals surface area (Å²) < 4.78 is 5.26. The summed E-state index contributed by atoms with van der Waals surface area (Å²) in [5, 5.41) is 2.30. The molecule has 0 N–H and O–H groups in total. The standard InChI is InChI=1S/C20H22O3/c1-2-23-19(22)20(12-6-5-9-18(20)21)14-15-10-11-16-7-3-4-8-17(16)13-15/h3-4,7-8,10-11,13H,2,5-6,9,12,14H2,1H3/t20-/m1/s1. The molecule has 23 heavy (non-hydrogen) atoms. The molecular weight excluding hydrogens is 288 g/mol. The largest absolute Gasteiger partial charge is 0.465 e. The molecule has 1 saturated carbocycles. The van der Waals surface area contributed by atoms with Gasteiger partial charge in [0.05, 0.1) is 6.61 Å². The number of esters is 1. The van der Waals surface area contributed by atoms with Crippen LogP contribution in [0.3, 0.4) is 0 Å². The monoisotopic (exact) mass is 310 g/mol. The van der Waals surface area contributed by atoms with E-state index in [9.17, 15) is 9.59 Å². The first-order chi connectivity index (χ1) is 11.2. The molecule has 0 heterocycles. The molecule has 3 nitrogen and oxygen atoms in total. The van der Waals surface area contributed by atoms with Gasteiger partial charge in [-0.15, -0.1) is 0 Å². The number of carbonyl (C=O) groups excluding carboxylic acids is 2. The van der Waals surface area contributed by atoms with Crippen LogP contribution in [0.4, 0.5) is 0 Å². The van der Waals surface area contributed by atoms with E-state index in [1.165, 1.54) is 0 Å². The summed E-state index contributed by atoms with van der Waals surface area (Å²) in [5.74, 6) is -0.312.